The van der Waals surface area contributed by atoms with Crippen LogP contribution in [0.2, 0.25) is 0 Å². The van der Waals surface area contributed by atoms with Crippen molar-refractivity contribution in [2.45, 2.75) is 26.4 Å². The Morgan fingerprint density at radius 1 is 1.29 bits per heavy atom. The van der Waals surface area contributed by atoms with Gasteiger partial charge in [0, 0.05) is 25.3 Å². The van der Waals surface area contributed by atoms with Gasteiger partial charge in [0.25, 0.3) is 0 Å². The fourth-order valence-electron chi connectivity index (χ4n) is 2.07. The van der Waals surface area contributed by atoms with Crippen LogP contribution >= 0.6 is 0 Å². The van der Waals surface area contributed by atoms with E-state index in [0.717, 1.165) is 42.4 Å². The largest absolute Gasteiger partial charge is 0.497 e. The highest BCUT2D eigenvalue weighted by molar-refractivity contribution is 5.48. The Bertz CT molecular complexity index is 537. The molecule has 0 fully saturated rings. The molecule has 0 aliphatic heterocycles. The molecule has 0 bridgehead atoms. The van der Waals surface area contributed by atoms with Gasteiger partial charge in [0.05, 0.1) is 19.3 Å². The van der Waals surface area contributed by atoms with Crippen molar-refractivity contribution in [1.29, 1.82) is 0 Å². The van der Waals surface area contributed by atoms with Crippen LogP contribution in [0.1, 0.15) is 24.8 Å². The van der Waals surface area contributed by atoms with Gasteiger partial charge in [0.1, 0.15) is 5.75 Å². The van der Waals surface area contributed by atoms with Crippen LogP contribution < -0.4 is 15.0 Å². The Morgan fingerprint density at radius 3 is 2.71 bits per heavy atom. The van der Waals surface area contributed by atoms with E-state index in [-0.39, 0.29) is 0 Å². The van der Waals surface area contributed by atoms with Crippen molar-refractivity contribution in [2.24, 2.45) is 0 Å². The van der Waals surface area contributed by atoms with Crippen molar-refractivity contribution in [3.8, 4) is 5.75 Å². The molecule has 0 unspecified atom stereocenters. The van der Waals surface area contributed by atoms with Crippen LogP contribution in [0, 0.1) is 0 Å². The van der Waals surface area contributed by atoms with Crippen LogP contribution in [-0.2, 0) is 13.1 Å². The first kappa shape index (κ1) is 15.4. The Kier molecular flexibility index (Phi) is 5.63. The maximum absolute atomic E-state index is 5.38. The monoisotopic (exact) mass is 289 g/mol. The Morgan fingerprint density at radius 2 is 2.05 bits per heavy atom. The van der Waals surface area contributed by atoms with Crippen LogP contribution in [0.3, 0.4) is 0 Å². The van der Waals surface area contributed by atoms with Gasteiger partial charge in [-0.25, -0.2) is 0 Å². The average Bonchev–Trinajstić information content (AvgIpc) is 2.95. The van der Waals surface area contributed by atoms with Gasteiger partial charge in [0.15, 0.2) is 5.76 Å². The van der Waals surface area contributed by atoms with Crippen molar-refractivity contribution >= 4 is 5.69 Å². The number of nitrogens with one attached hydrogen (secondary N) is 1. The van der Waals surface area contributed by atoms with Crippen LogP contribution in [0.4, 0.5) is 5.69 Å². The minimum absolute atomic E-state index is 0.688. The van der Waals surface area contributed by atoms with E-state index < -0.39 is 0 Å². The number of hydrogen-bond donors (Lipinski definition) is 1. The molecule has 1 aromatic heterocycles. The molecule has 5 heteroatoms. The normalized spacial score (nSPS) is 10.6. The van der Waals surface area contributed by atoms with Crippen molar-refractivity contribution in [1.82, 2.24) is 10.5 Å². The molecule has 0 spiro atoms. The summed E-state index contributed by atoms with van der Waals surface area (Å²) in [7, 11) is 3.70. The fourth-order valence-corrected chi connectivity index (χ4v) is 2.07. The summed E-state index contributed by atoms with van der Waals surface area (Å²) < 4.78 is 10.5. The quantitative estimate of drug-likeness (QED) is 0.757. The van der Waals surface area contributed by atoms with Gasteiger partial charge in [-0.15, -0.1) is 0 Å². The lowest BCUT2D eigenvalue weighted by molar-refractivity contribution is 0.375. The van der Waals surface area contributed by atoms with Crippen molar-refractivity contribution < 1.29 is 9.26 Å². The molecule has 0 amide bonds. The minimum atomic E-state index is 0.688. The average molecular weight is 289 g/mol. The smallest absolute Gasteiger partial charge is 0.156 e. The zero-order chi connectivity index (χ0) is 15.1. The van der Waals surface area contributed by atoms with Crippen molar-refractivity contribution in [2.75, 3.05) is 25.6 Å². The van der Waals surface area contributed by atoms with Crippen LogP contribution in [0.5, 0.6) is 5.75 Å². The molecule has 0 aliphatic rings. The van der Waals surface area contributed by atoms with E-state index in [0.29, 0.717) is 6.54 Å². The maximum atomic E-state index is 5.38. The molecule has 114 valence electrons. The molecular formula is C16H23N3O2. The third-order valence-electron chi connectivity index (χ3n) is 3.25. The van der Waals surface area contributed by atoms with E-state index in [1.54, 1.807) is 7.11 Å². The summed E-state index contributed by atoms with van der Waals surface area (Å²) in [5, 5.41) is 7.39. The molecule has 0 atom stereocenters. The van der Waals surface area contributed by atoms with Gasteiger partial charge < -0.3 is 19.5 Å². The minimum Gasteiger partial charge on any atom is -0.497 e. The van der Waals surface area contributed by atoms with E-state index >= 15 is 0 Å². The predicted octanol–water partition coefficient (Wildman–Crippen LogP) is 2.82. The van der Waals surface area contributed by atoms with Gasteiger partial charge >= 0.3 is 0 Å². The molecule has 1 N–H and O–H groups in total. The molecule has 0 radical (unpaired) electrons. The lowest BCUT2D eigenvalue weighted by Crippen LogP contribution is -2.16. The topological polar surface area (TPSA) is 50.5 Å². The third-order valence-corrected chi connectivity index (χ3v) is 3.25. The van der Waals surface area contributed by atoms with Gasteiger partial charge in [-0.1, -0.05) is 12.1 Å². The number of nitrogens with zero attached hydrogens (tertiary/aromatic N) is 2. The zero-order valence-corrected chi connectivity index (χ0v) is 12.9. The molecule has 2 rings (SSSR count). The first-order valence-corrected chi connectivity index (χ1v) is 7.23. The highest BCUT2D eigenvalue weighted by atomic mass is 16.5. The molecule has 2 aromatic rings. The second-order valence-corrected chi connectivity index (χ2v) is 5.02. The number of benzene rings is 1. The van der Waals surface area contributed by atoms with Crippen LogP contribution in [0.15, 0.2) is 34.9 Å². The van der Waals surface area contributed by atoms with Crippen LogP contribution in [0.25, 0.3) is 0 Å². The van der Waals surface area contributed by atoms with Gasteiger partial charge in [-0.05, 0) is 37.2 Å². The summed E-state index contributed by atoms with van der Waals surface area (Å²) in [5.41, 5.74) is 2.06. The molecule has 1 heterocycles. The molecule has 0 saturated heterocycles. The van der Waals surface area contributed by atoms with Crippen LogP contribution in [-0.4, -0.2) is 25.9 Å². The summed E-state index contributed by atoms with van der Waals surface area (Å²) in [5.74, 6) is 1.72. The lowest BCUT2D eigenvalue weighted by atomic mass is 10.2. The molecular weight excluding hydrogens is 266 g/mol. The van der Waals surface area contributed by atoms with Crippen molar-refractivity contribution in [3.63, 3.8) is 0 Å². The third kappa shape index (κ3) is 4.49. The standard InChI is InChI=1S/C16H23N3O2/c1-4-9-17-11-13-10-16(21-18-13)12-19(2)14-5-7-15(20-3)8-6-14/h5-8,10,17H,4,9,11-12H2,1-3H3. The fraction of sp³-hybridized carbons (Fsp3) is 0.438. The first-order valence-electron chi connectivity index (χ1n) is 7.23. The second-order valence-electron chi connectivity index (χ2n) is 5.02. The molecule has 0 aliphatic carbocycles. The summed E-state index contributed by atoms with van der Waals surface area (Å²) in [6.07, 6.45) is 1.12. The van der Waals surface area contributed by atoms with E-state index in [2.05, 4.69) is 22.3 Å². The van der Waals surface area contributed by atoms with Gasteiger partial charge in [-0.2, -0.15) is 0 Å². The number of aromatic nitrogens is 1. The number of anilines is 1. The zero-order valence-electron chi connectivity index (χ0n) is 12.9. The van der Waals surface area contributed by atoms with Gasteiger partial charge in [0.2, 0.25) is 0 Å². The molecule has 1 aromatic carbocycles. The SMILES string of the molecule is CCCNCc1cc(CN(C)c2ccc(OC)cc2)on1. The predicted molar refractivity (Wildman–Crippen MR) is 83.6 cm³/mol. The van der Waals surface area contributed by atoms with E-state index in [4.69, 9.17) is 9.26 Å². The lowest BCUT2D eigenvalue weighted by Gasteiger charge is -2.17. The number of hydrogen-bond acceptors (Lipinski definition) is 5. The summed E-state index contributed by atoms with van der Waals surface area (Å²) in [6, 6.07) is 9.96. The maximum Gasteiger partial charge on any atom is 0.156 e. The first-order chi connectivity index (χ1) is 10.2. The van der Waals surface area contributed by atoms with Gasteiger partial charge in [-0.3, -0.25) is 0 Å². The van der Waals surface area contributed by atoms with E-state index in [1.807, 2.05) is 37.4 Å². The summed E-state index contributed by atoms with van der Waals surface area (Å²) >= 11 is 0. The summed E-state index contributed by atoms with van der Waals surface area (Å²) in [4.78, 5) is 2.11. The molecule has 5 nitrogen and oxygen atoms in total. The summed E-state index contributed by atoms with van der Waals surface area (Å²) in [6.45, 7) is 4.58. The van der Waals surface area contributed by atoms with Crippen molar-refractivity contribution in [3.05, 3.63) is 41.8 Å². The number of ether oxygens (including phenoxy) is 1. The highest BCUT2D eigenvalue weighted by Crippen LogP contribution is 2.20. The Balaban J connectivity index is 1.90. The Labute approximate surface area is 125 Å². The van der Waals surface area contributed by atoms with E-state index in [1.165, 1.54) is 0 Å². The molecule has 21 heavy (non-hydrogen) atoms. The highest BCUT2D eigenvalue weighted by Gasteiger charge is 2.08. The van der Waals surface area contributed by atoms with E-state index in [9.17, 15) is 0 Å². The second kappa shape index (κ2) is 7.69. The molecule has 0 saturated carbocycles. The number of rotatable bonds is 8. The number of methoxy groups -OCH3 is 1. The Hall–Kier alpha value is -2.01.